The molecule has 8 nitrogen and oxygen atoms in total. The molecule has 1 fully saturated rings. The Hall–Kier alpha value is -3.76. The summed E-state index contributed by atoms with van der Waals surface area (Å²) in [5.74, 6) is -1.76. The molecular weight excluding hydrogens is 606 g/mol. The summed E-state index contributed by atoms with van der Waals surface area (Å²) < 4.78 is 6.94. The van der Waals surface area contributed by atoms with E-state index in [-0.39, 0.29) is 23.8 Å². The molecular formula is C27H21Br2N3O5. The van der Waals surface area contributed by atoms with Crippen LogP contribution in [0.1, 0.15) is 16.7 Å². The lowest BCUT2D eigenvalue weighted by Gasteiger charge is -2.26. The second-order valence-corrected chi connectivity index (χ2v) is 10.0. The molecule has 1 aliphatic rings. The molecule has 0 radical (unpaired) electrons. The number of imide groups is 2. The molecule has 10 heteroatoms. The summed E-state index contributed by atoms with van der Waals surface area (Å²) in [4.78, 5) is 51.7. The predicted octanol–water partition coefficient (Wildman–Crippen LogP) is 5.51. The van der Waals surface area contributed by atoms with Crippen molar-refractivity contribution in [1.82, 2.24) is 5.32 Å². The molecule has 5 amide bonds. The second-order valence-electron chi connectivity index (χ2n) is 8.24. The fourth-order valence-corrected chi connectivity index (χ4v) is 4.99. The fraction of sp³-hybridized carbons (Fsp3) is 0.111. The molecule has 0 spiro atoms. The molecule has 0 unspecified atom stereocenters. The predicted molar refractivity (Wildman–Crippen MR) is 147 cm³/mol. The monoisotopic (exact) mass is 625 g/mol. The number of carbonyl (C=O) groups excluding carboxylic acids is 4. The van der Waals surface area contributed by atoms with E-state index in [0.717, 1.165) is 16.0 Å². The molecule has 37 heavy (non-hydrogen) atoms. The standard InChI is InChI=1S/C27H21Br2N3O5/c1-15-8-9-19(10-16(15)2)30-23(33)14-37-24-17(11-18(28)13-22(24)29)12-21-25(34)31-27(36)32(26(21)35)20-6-4-3-5-7-20/h3-13H,14H2,1-2H3,(H,30,33)(H,31,34,36)/b21-12-. The van der Waals surface area contributed by atoms with Crippen LogP contribution in [-0.4, -0.2) is 30.4 Å². The lowest BCUT2D eigenvalue weighted by atomic mass is 10.1. The van der Waals surface area contributed by atoms with Gasteiger partial charge in [0.15, 0.2) is 6.61 Å². The van der Waals surface area contributed by atoms with E-state index in [1.165, 1.54) is 6.08 Å². The zero-order valence-corrected chi connectivity index (χ0v) is 23.0. The molecule has 0 bridgehead atoms. The zero-order chi connectivity index (χ0) is 26.7. The van der Waals surface area contributed by atoms with Gasteiger partial charge in [-0.3, -0.25) is 19.7 Å². The molecule has 0 aliphatic carbocycles. The van der Waals surface area contributed by atoms with Gasteiger partial charge in [-0.15, -0.1) is 0 Å². The quantitative estimate of drug-likeness (QED) is 0.277. The molecule has 2 N–H and O–H groups in total. The first-order chi connectivity index (χ1) is 17.6. The fourth-order valence-electron chi connectivity index (χ4n) is 3.62. The highest BCUT2D eigenvalue weighted by Crippen LogP contribution is 2.35. The Kier molecular flexibility index (Phi) is 7.89. The summed E-state index contributed by atoms with van der Waals surface area (Å²) in [6, 6.07) is 16.4. The second kappa shape index (κ2) is 11.1. The summed E-state index contributed by atoms with van der Waals surface area (Å²) in [5.41, 5.74) is 3.20. The van der Waals surface area contributed by atoms with Gasteiger partial charge in [0.1, 0.15) is 11.3 Å². The van der Waals surface area contributed by atoms with Crippen LogP contribution < -0.4 is 20.3 Å². The Bertz CT molecular complexity index is 1450. The van der Waals surface area contributed by atoms with Gasteiger partial charge in [-0.1, -0.05) is 40.2 Å². The smallest absolute Gasteiger partial charge is 0.335 e. The number of anilines is 2. The Balaban J connectivity index is 1.61. The van der Waals surface area contributed by atoms with Gasteiger partial charge in [0.25, 0.3) is 17.7 Å². The normalized spacial score (nSPS) is 14.5. The number of hydrogen-bond acceptors (Lipinski definition) is 5. The third-order valence-corrected chi connectivity index (χ3v) is 6.64. The first-order valence-electron chi connectivity index (χ1n) is 11.1. The largest absolute Gasteiger partial charge is 0.482 e. The topological polar surface area (TPSA) is 105 Å². The van der Waals surface area contributed by atoms with Crippen molar-refractivity contribution >= 4 is 73.1 Å². The van der Waals surface area contributed by atoms with Gasteiger partial charge in [0.2, 0.25) is 0 Å². The maximum atomic E-state index is 13.2. The van der Waals surface area contributed by atoms with E-state index < -0.39 is 17.8 Å². The van der Waals surface area contributed by atoms with Crippen molar-refractivity contribution in [2.75, 3.05) is 16.8 Å². The van der Waals surface area contributed by atoms with Crippen molar-refractivity contribution in [1.29, 1.82) is 0 Å². The molecule has 0 aromatic heterocycles. The van der Waals surface area contributed by atoms with Crippen LogP contribution in [0.2, 0.25) is 0 Å². The van der Waals surface area contributed by atoms with Crippen LogP contribution in [0.4, 0.5) is 16.2 Å². The van der Waals surface area contributed by atoms with Crippen molar-refractivity contribution in [2.24, 2.45) is 0 Å². The van der Waals surface area contributed by atoms with E-state index in [2.05, 4.69) is 42.5 Å². The van der Waals surface area contributed by atoms with Gasteiger partial charge in [0.05, 0.1) is 10.2 Å². The number of halogens is 2. The summed E-state index contributed by atoms with van der Waals surface area (Å²) in [6.45, 7) is 3.62. The molecule has 1 aliphatic heterocycles. The number of carbonyl (C=O) groups is 4. The van der Waals surface area contributed by atoms with Crippen LogP contribution in [0.15, 0.2) is 75.2 Å². The van der Waals surface area contributed by atoms with Crippen LogP contribution in [0.25, 0.3) is 6.08 Å². The van der Waals surface area contributed by atoms with Gasteiger partial charge < -0.3 is 10.1 Å². The summed E-state index contributed by atoms with van der Waals surface area (Å²) in [5, 5.41) is 4.98. The van der Waals surface area contributed by atoms with E-state index in [9.17, 15) is 19.2 Å². The number of benzene rings is 3. The number of hydrogen-bond donors (Lipinski definition) is 2. The van der Waals surface area contributed by atoms with E-state index in [4.69, 9.17) is 4.74 Å². The number of aryl methyl sites for hydroxylation is 2. The highest BCUT2D eigenvalue weighted by atomic mass is 79.9. The zero-order valence-electron chi connectivity index (χ0n) is 19.8. The lowest BCUT2D eigenvalue weighted by Crippen LogP contribution is -2.54. The van der Waals surface area contributed by atoms with Crippen molar-refractivity contribution in [3.05, 3.63) is 91.9 Å². The van der Waals surface area contributed by atoms with Crippen molar-refractivity contribution < 1.29 is 23.9 Å². The maximum Gasteiger partial charge on any atom is 0.335 e. The number of rotatable bonds is 6. The van der Waals surface area contributed by atoms with Crippen LogP contribution >= 0.6 is 31.9 Å². The Morgan fingerprint density at radius 2 is 1.73 bits per heavy atom. The van der Waals surface area contributed by atoms with Crippen molar-refractivity contribution in [3.63, 3.8) is 0 Å². The number of urea groups is 1. The summed E-state index contributed by atoms with van der Waals surface area (Å²) in [7, 11) is 0. The average Bonchev–Trinajstić information content (AvgIpc) is 2.84. The van der Waals surface area contributed by atoms with Gasteiger partial charge in [-0.05, 0) is 83.4 Å². The Morgan fingerprint density at radius 3 is 2.43 bits per heavy atom. The van der Waals surface area contributed by atoms with E-state index in [1.807, 2.05) is 26.0 Å². The highest BCUT2D eigenvalue weighted by molar-refractivity contribution is 9.11. The number of nitrogens with zero attached hydrogens (tertiary/aromatic N) is 1. The van der Waals surface area contributed by atoms with Gasteiger partial charge in [0, 0.05) is 15.7 Å². The SMILES string of the molecule is Cc1ccc(NC(=O)COc2c(Br)cc(Br)cc2/C=C2/C(=O)NC(=O)N(c3ccccc3)C2=O)cc1C. The van der Waals surface area contributed by atoms with Gasteiger partial charge in [-0.25, -0.2) is 9.69 Å². The van der Waals surface area contributed by atoms with Crippen LogP contribution in [-0.2, 0) is 14.4 Å². The Morgan fingerprint density at radius 1 is 1.00 bits per heavy atom. The maximum absolute atomic E-state index is 13.2. The van der Waals surface area contributed by atoms with Crippen molar-refractivity contribution in [2.45, 2.75) is 13.8 Å². The molecule has 0 saturated carbocycles. The summed E-state index contributed by atoms with van der Waals surface area (Å²) in [6.07, 6.45) is 1.33. The number of ether oxygens (including phenoxy) is 1. The Labute approximate surface area is 229 Å². The van der Waals surface area contributed by atoms with Crippen molar-refractivity contribution in [3.8, 4) is 5.75 Å². The third-order valence-electron chi connectivity index (χ3n) is 5.59. The third kappa shape index (κ3) is 5.98. The van der Waals surface area contributed by atoms with Gasteiger partial charge in [-0.2, -0.15) is 0 Å². The molecule has 0 atom stereocenters. The first-order valence-corrected chi connectivity index (χ1v) is 12.7. The lowest BCUT2D eigenvalue weighted by molar-refractivity contribution is -0.122. The number of para-hydroxylation sites is 1. The van der Waals surface area contributed by atoms with Crippen LogP contribution in [0, 0.1) is 13.8 Å². The average molecular weight is 627 g/mol. The first kappa shape index (κ1) is 26.3. The molecule has 1 heterocycles. The number of amides is 5. The van der Waals surface area contributed by atoms with E-state index in [0.29, 0.717) is 25.9 Å². The van der Waals surface area contributed by atoms with E-state index >= 15 is 0 Å². The molecule has 1 saturated heterocycles. The molecule has 188 valence electrons. The van der Waals surface area contributed by atoms with Gasteiger partial charge >= 0.3 is 6.03 Å². The molecule has 3 aromatic carbocycles. The van der Waals surface area contributed by atoms with Crippen LogP contribution in [0.5, 0.6) is 5.75 Å². The van der Waals surface area contributed by atoms with Crippen LogP contribution in [0.3, 0.4) is 0 Å². The minimum Gasteiger partial charge on any atom is -0.482 e. The molecule has 4 rings (SSSR count). The molecule has 3 aromatic rings. The minimum absolute atomic E-state index is 0.245. The highest BCUT2D eigenvalue weighted by Gasteiger charge is 2.37. The minimum atomic E-state index is -0.840. The van der Waals surface area contributed by atoms with E-state index in [1.54, 1.807) is 48.5 Å². The number of nitrogens with one attached hydrogen (secondary N) is 2. The summed E-state index contributed by atoms with van der Waals surface area (Å²) >= 11 is 6.81. The number of barbiturate groups is 1.